The van der Waals surface area contributed by atoms with Crippen LogP contribution in [0.5, 0.6) is 0 Å². The average molecular weight is 166 g/mol. The van der Waals surface area contributed by atoms with Gasteiger partial charge in [0.25, 0.3) is 0 Å². The quantitative estimate of drug-likeness (QED) is 0.561. The summed E-state index contributed by atoms with van der Waals surface area (Å²) >= 11 is 0. The molecule has 0 aliphatic heterocycles. The maximum absolute atomic E-state index is 3.22. The summed E-state index contributed by atoms with van der Waals surface area (Å²) in [7, 11) is 0. The van der Waals surface area contributed by atoms with Crippen molar-refractivity contribution in [1.29, 1.82) is 0 Å². The molecule has 0 saturated carbocycles. The van der Waals surface area contributed by atoms with Crippen molar-refractivity contribution in [1.82, 2.24) is 0 Å². The Labute approximate surface area is 78.2 Å². The van der Waals surface area contributed by atoms with Gasteiger partial charge in [-0.25, -0.2) is 0 Å². The van der Waals surface area contributed by atoms with E-state index in [-0.39, 0.29) is 0 Å². The van der Waals surface area contributed by atoms with Gasteiger partial charge in [0.2, 0.25) is 0 Å². The van der Waals surface area contributed by atoms with Crippen molar-refractivity contribution in [2.75, 3.05) is 0 Å². The van der Waals surface area contributed by atoms with Crippen LogP contribution in [-0.2, 0) is 0 Å². The van der Waals surface area contributed by atoms with Crippen LogP contribution < -0.4 is 0 Å². The van der Waals surface area contributed by atoms with Gasteiger partial charge >= 0.3 is 0 Å². The molecule has 0 atom stereocenters. The lowest BCUT2D eigenvalue weighted by atomic mass is 10.1. The Hall–Kier alpha value is -1.78. The van der Waals surface area contributed by atoms with E-state index in [1.165, 1.54) is 5.56 Å². The lowest BCUT2D eigenvalue weighted by Crippen LogP contribution is -1.76. The lowest BCUT2D eigenvalue weighted by Gasteiger charge is -1.96. The van der Waals surface area contributed by atoms with Crippen LogP contribution in [0.3, 0.4) is 0 Å². The minimum Gasteiger partial charge on any atom is -0.112 e. The highest BCUT2D eigenvalue weighted by Crippen LogP contribution is 2.14. The lowest BCUT2D eigenvalue weighted by molar-refractivity contribution is 1.63. The Balaban J connectivity index is 2.43. The van der Waals surface area contributed by atoms with E-state index in [0.717, 1.165) is 5.57 Å². The topological polar surface area (TPSA) is 0 Å². The van der Waals surface area contributed by atoms with Crippen LogP contribution in [0.4, 0.5) is 0 Å². The van der Waals surface area contributed by atoms with Crippen molar-refractivity contribution in [2.24, 2.45) is 0 Å². The Morgan fingerprint density at radius 2 is 1.69 bits per heavy atom. The molecule has 1 aromatic rings. The predicted octanol–water partition coefficient (Wildman–Crippen LogP) is 3.35. The zero-order valence-corrected chi connectivity index (χ0v) is 7.27. The van der Waals surface area contributed by atoms with Gasteiger partial charge in [-0.05, 0) is 17.7 Å². The smallest absolute Gasteiger partial charge is 0.0237 e. The normalized spacial score (nSPS) is 14.0. The summed E-state index contributed by atoms with van der Waals surface area (Å²) < 4.78 is 0. The number of benzene rings is 1. The minimum atomic E-state index is 1.13. The molecular weight excluding hydrogens is 156 g/mol. The van der Waals surface area contributed by atoms with Crippen molar-refractivity contribution in [3.8, 4) is 0 Å². The summed E-state index contributed by atoms with van der Waals surface area (Å²) in [6, 6.07) is 10.3. The Morgan fingerprint density at radius 3 is 2.54 bits per heavy atom. The molecule has 0 heteroatoms. The van der Waals surface area contributed by atoms with Gasteiger partial charge in [0.05, 0.1) is 0 Å². The molecule has 13 heavy (non-hydrogen) atoms. The molecule has 1 aliphatic carbocycles. The molecule has 0 unspecified atom stereocenters. The van der Waals surface area contributed by atoms with Crippen LogP contribution in [0.2, 0.25) is 0 Å². The van der Waals surface area contributed by atoms with Gasteiger partial charge < -0.3 is 0 Å². The molecule has 0 nitrogen and oxygen atoms in total. The zero-order valence-electron chi connectivity index (χ0n) is 7.27. The molecule has 62 valence electrons. The van der Waals surface area contributed by atoms with Crippen molar-refractivity contribution < 1.29 is 0 Å². The molecule has 0 amide bonds. The number of hydrogen-bond acceptors (Lipinski definition) is 0. The van der Waals surface area contributed by atoms with E-state index in [1.54, 1.807) is 0 Å². The highest BCUT2D eigenvalue weighted by molar-refractivity contribution is 5.74. The largest absolute Gasteiger partial charge is 0.112 e. The Kier molecular flexibility index (Phi) is 2.26. The summed E-state index contributed by atoms with van der Waals surface area (Å²) in [5, 5.41) is 0. The van der Waals surface area contributed by atoms with Gasteiger partial charge in [-0.15, -0.1) is 5.73 Å². The monoisotopic (exact) mass is 166 g/mol. The number of hydrogen-bond donors (Lipinski definition) is 0. The van der Waals surface area contributed by atoms with Crippen LogP contribution in [-0.4, -0.2) is 0 Å². The molecule has 0 saturated heterocycles. The third-order valence-electron chi connectivity index (χ3n) is 1.90. The van der Waals surface area contributed by atoms with Crippen LogP contribution in [0, 0.1) is 0 Å². The van der Waals surface area contributed by atoms with Crippen LogP contribution in [0.25, 0.3) is 5.57 Å². The fraction of sp³-hybridized carbons (Fsp3) is 0. The van der Waals surface area contributed by atoms with Crippen molar-refractivity contribution in [3.63, 3.8) is 0 Å². The SMILES string of the molecule is C1=CC=CC=CC=1c1ccccc1. The molecule has 0 N–H and O–H groups in total. The van der Waals surface area contributed by atoms with Crippen LogP contribution >= 0.6 is 0 Å². The number of allylic oxidation sites excluding steroid dienone is 5. The summed E-state index contributed by atoms with van der Waals surface area (Å²) in [5.74, 6) is 0. The fourth-order valence-electron chi connectivity index (χ4n) is 1.25. The van der Waals surface area contributed by atoms with Crippen LogP contribution in [0.15, 0.2) is 66.4 Å². The van der Waals surface area contributed by atoms with Crippen LogP contribution in [0.1, 0.15) is 5.56 Å². The molecule has 0 radical (unpaired) electrons. The first-order valence-electron chi connectivity index (χ1n) is 4.32. The molecule has 0 fully saturated rings. The minimum absolute atomic E-state index is 1.13. The second-order valence-electron chi connectivity index (χ2n) is 2.83. The molecule has 0 aromatic heterocycles. The van der Waals surface area contributed by atoms with Gasteiger partial charge in [0.15, 0.2) is 0 Å². The van der Waals surface area contributed by atoms with Crippen molar-refractivity contribution in [2.45, 2.75) is 0 Å². The van der Waals surface area contributed by atoms with E-state index in [2.05, 4.69) is 23.9 Å². The maximum Gasteiger partial charge on any atom is 0.0237 e. The maximum atomic E-state index is 3.22. The van der Waals surface area contributed by atoms with Gasteiger partial charge in [-0.1, -0.05) is 48.6 Å². The summed E-state index contributed by atoms with van der Waals surface area (Å²) in [6.07, 6.45) is 10.0. The van der Waals surface area contributed by atoms with E-state index < -0.39 is 0 Å². The highest BCUT2D eigenvalue weighted by Gasteiger charge is 1.94. The Bertz CT molecular complexity index is 399. The van der Waals surface area contributed by atoms with Gasteiger partial charge in [-0.3, -0.25) is 0 Å². The highest BCUT2D eigenvalue weighted by atomic mass is 14.0. The first-order chi connectivity index (χ1) is 6.47. The van der Waals surface area contributed by atoms with Crippen molar-refractivity contribution >= 4 is 5.57 Å². The first kappa shape index (κ1) is 7.85. The zero-order chi connectivity index (χ0) is 8.93. The van der Waals surface area contributed by atoms with E-state index >= 15 is 0 Å². The predicted molar refractivity (Wildman–Crippen MR) is 56.2 cm³/mol. The molecule has 1 aliphatic rings. The summed E-state index contributed by atoms with van der Waals surface area (Å²) in [5.41, 5.74) is 5.55. The van der Waals surface area contributed by atoms with Gasteiger partial charge in [0, 0.05) is 5.57 Å². The average Bonchev–Trinajstić information content (AvgIpc) is 2.47. The first-order valence-corrected chi connectivity index (χ1v) is 4.32. The molecule has 0 bridgehead atoms. The summed E-state index contributed by atoms with van der Waals surface area (Å²) in [4.78, 5) is 0. The van der Waals surface area contributed by atoms with E-state index in [0.29, 0.717) is 0 Å². The molecule has 0 heterocycles. The van der Waals surface area contributed by atoms with Gasteiger partial charge in [-0.2, -0.15) is 0 Å². The van der Waals surface area contributed by atoms with E-state index in [9.17, 15) is 0 Å². The third-order valence-corrected chi connectivity index (χ3v) is 1.90. The second-order valence-corrected chi connectivity index (χ2v) is 2.83. The third kappa shape index (κ3) is 1.87. The molecule has 1 aromatic carbocycles. The van der Waals surface area contributed by atoms with E-state index in [1.807, 2.05) is 42.5 Å². The number of rotatable bonds is 1. The Morgan fingerprint density at radius 1 is 0.846 bits per heavy atom. The van der Waals surface area contributed by atoms with Gasteiger partial charge in [0.1, 0.15) is 0 Å². The second kappa shape index (κ2) is 3.75. The standard InChI is InChI=1S/C13H10/c1-2-5-9-12(8-4-1)13-10-6-3-7-11-13/h1-8,10-11H. The fourth-order valence-corrected chi connectivity index (χ4v) is 1.25. The van der Waals surface area contributed by atoms with E-state index in [4.69, 9.17) is 0 Å². The molecule has 0 spiro atoms. The molecular formula is C13H10. The molecule has 2 rings (SSSR count). The summed E-state index contributed by atoms with van der Waals surface area (Å²) in [6.45, 7) is 0. The van der Waals surface area contributed by atoms with Crippen molar-refractivity contribution in [3.05, 3.63) is 72.0 Å².